The molecule has 0 N–H and O–H groups in total. The van der Waals surface area contributed by atoms with Crippen molar-refractivity contribution < 1.29 is 0 Å². The maximum atomic E-state index is 4.74. The standard InChI is InChI=1S/C17H23N7/c1-13-7-14(2)24-9-15(21-17(24)20-13)8-22-6-4-3-5-16(22)10-23-12-18-11-19-23/h7,9,11-12,16H,3-6,8,10H2,1-2H3. The van der Waals surface area contributed by atoms with Crippen molar-refractivity contribution in [2.24, 2.45) is 0 Å². The molecule has 0 aromatic carbocycles. The Kier molecular flexibility index (Phi) is 4.02. The number of aryl methyl sites for hydroxylation is 2. The van der Waals surface area contributed by atoms with E-state index in [0.29, 0.717) is 6.04 Å². The number of imidazole rings is 1. The number of hydrogen-bond acceptors (Lipinski definition) is 5. The summed E-state index contributed by atoms with van der Waals surface area (Å²) < 4.78 is 4.01. The average molecular weight is 325 g/mol. The summed E-state index contributed by atoms with van der Waals surface area (Å²) in [6, 6.07) is 2.58. The van der Waals surface area contributed by atoms with Crippen LogP contribution in [0.4, 0.5) is 0 Å². The van der Waals surface area contributed by atoms with Crippen molar-refractivity contribution in [2.75, 3.05) is 6.54 Å². The number of rotatable bonds is 4. The molecule has 0 bridgehead atoms. The third-order valence-electron chi connectivity index (χ3n) is 4.79. The highest BCUT2D eigenvalue weighted by molar-refractivity contribution is 5.34. The molecule has 0 amide bonds. The lowest BCUT2D eigenvalue weighted by molar-refractivity contribution is 0.120. The van der Waals surface area contributed by atoms with Gasteiger partial charge in [0.15, 0.2) is 0 Å². The molecule has 1 aliphatic heterocycles. The quantitative estimate of drug-likeness (QED) is 0.734. The molecule has 24 heavy (non-hydrogen) atoms. The van der Waals surface area contributed by atoms with Crippen molar-refractivity contribution in [1.82, 2.24) is 34.0 Å². The van der Waals surface area contributed by atoms with E-state index in [9.17, 15) is 0 Å². The van der Waals surface area contributed by atoms with Crippen LogP contribution in [0, 0.1) is 13.8 Å². The first-order chi connectivity index (χ1) is 11.7. The van der Waals surface area contributed by atoms with E-state index in [1.807, 2.05) is 11.6 Å². The summed E-state index contributed by atoms with van der Waals surface area (Å²) in [6.45, 7) is 6.98. The van der Waals surface area contributed by atoms with Crippen LogP contribution in [-0.2, 0) is 13.1 Å². The van der Waals surface area contributed by atoms with Gasteiger partial charge in [0.2, 0.25) is 5.78 Å². The molecule has 4 heterocycles. The van der Waals surface area contributed by atoms with Gasteiger partial charge in [0.05, 0.1) is 12.2 Å². The Labute approximate surface area is 141 Å². The van der Waals surface area contributed by atoms with Gasteiger partial charge in [-0.1, -0.05) is 6.42 Å². The number of nitrogens with zero attached hydrogens (tertiary/aromatic N) is 7. The van der Waals surface area contributed by atoms with Crippen LogP contribution in [-0.4, -0.2) is 46.6 Å². The summed E-state index contributed by atoms with van der Waals surface area (Å²) in [4.78, 5) is 15.9. The predicted molar refractivity (Wildman–Crippen MR) is 90.5 cm³/mol. The molecule has 126 valence electrons. The molecule has 1 fully saturated rings. The van der Waals surface area contributed by atoms with E-state index in [-0.39, 0.29) is 0 Å². The zero-order valence-corrected chi connectivity index (χ0v) is 14.3. The lowest BCUT2D eigenvalue weighted by atomic mass is 10.0. The third-order valence-corrected chi connectivity index (χ3v) is 4.79. The molecule has 1 unspecified atom stereocenters. The van der Waals surface area contributed by atoms with E-state index in [1.165, 1.54) is 25.0 Å². The molecule has 0 spiro atoms. The average Bonchev–Trinajstić information content (AvgIpc) is 3.19. The topological polar surface area (TPSA) is 64.1 Å². The fraction of sp³-hybridized carbons (Fsp3) is 0.529. The molecule has 7 heteroatoms. The lowest BCUT2D eigenvalue weighted by Gasteiger charge is -2.35. The maximum absolute atomic E-state index is 4.74. The van der Waals surface area contributed by atoms with Crippen LogP contribution in [0.1, 0.15) is 36.3 Å². The van der Waals surface area contributed by atoms with Gasteiger partial charge >= 0.3 is 0 Å². The molecule has 3 aromatic heterocycles. The minimum absolute atomic E-state index is 0.487. The van der Waals surface area contributed by atoms with E-state index in [2.05, 4.69) is 43.6 Å². The molecule has 0 radical (unpaired) electrons. The normalized spacial score (nSPS) is 19.2. The molecule has 3 aromatic rings. The summed E-state index contributed by atoms with van der Waals surface area (Å²) in [5, 5.41) is 4.26. The van der Waals surface area contributed by atoms with Crippen molar-refractivity contribution in [3.05, 3.63) is 42.0 Å². The molecule has 1 aliphatic rings. The van der Waals surface area contributed by atoms with Gasteiger partial charge in [0.25, 0.3) is 0 Å². The second-order valence-electron chi connectivity index (χ2n) is 6.68. The number of aromatic nitrogens is 6. The summed E-state index contributed by atoms with van der Waals surface area (Å²) in [5.74, 6) is 0.798. The summed E-state index contributed by atoms with van der Waals surface area (Å²) in [6.07, 6.45) is 9.25. The molecular weight excluding hydrogens is 302 g/mol. The van der Waals surface area contributed by atoms with Crippen LogP contribution in [0.5, 0.6) is 0 Å². The minimum Gasteiger partial charge on any atom is -0.293 e. The van der Waals surface area contributed by atoms with Crippen LogP contribution < -0.4 is 0 Å². The van der Waals surface area contributed by atoms with Crippen molar-refractivity contribution in [3.63, 3.8) is 0 Å². The number of fused-ring (bicyclic) bond motifs is 1. The molecular formula is C17H23N7. The fourth-order valence-corrected chi connectivity index (χ4v) is 3.62. The Morgan fingerprint density at radius 3 is 2.96 bits per heavy atom. The van der Waals surface area contributed by atoms with Gasteiger partial charge in [-0.05, 0) is 39.3 Å². The summed E-state index contributed by atoms with van der Waals surface area (Å²) >= 11 is 0. The van der Waals surface area contributed by atoms with E-state index in [4.69, 9.17) is 4.98 Å². The molecule has 7 nitrogen and oxygen atoms in total. The first-order valence-corrected chi connectivity index (χ1v) is 8.58. The highest BCUT2D eigenvalue weighted by Gasteiger charge is 2.24. The zero-order valence-electron chi connectivity index (χ0n) is 14.3. The Bertz CT molecular complexity index is 821. The maximum Gasteiger partial charge on any atom is 0.234 e. The second-order valence-corrected chi connectivity index (χ2v) is 6.68. The van der Waals surface area contributed by atoms with E-state index < -0.39 is 0 Å². The van der Waals surface area contributed by atoms with Crippen molar-refractivity contribution >= 4 is 5.78 Å². The first kappa shape index (κ1) is 15.3. The SMILES string of the molecule is Cc1cc(C)n2cc(CN3CCCCC3Cn3cncn3)nc2n1. The minimum atomic E-state index is 0.487. The van der Waals surface area contributed by atoms with Gasteiger partial charge in [-0.15, -0.1) is 0 Å². The van der Waals surface area contributed by atoms with Crippen LogP contribution in [0.25, 0.3) is 5.78 Å². The monoisotopic (exact) mass is 325 g/mol. The second kappa shape index (κ2) is 6.32. The predicted octanol–water partition coefficient (Wildman–Crippen LogP) is 1.99. The molecule has 1 saturated heterocycles. The Balaban J connectivity index is 1.55. The van der Waals surface area contributed by atoms with E-state index >= 15 is 0 Å². The number of piperidine rings is 1. The van der Waals surface area contributed by atoms with Crippen LogP contribution in [0.3, 0.4) is 0 Å². The Morgan fingerprint density at radius 2 is 2.12 bits per heavy atom. The molecule has 4 rings (SSSR count). The van der Waals surface area contributed by atoms with Crippen LogP contribution in [0.15, 0.2) is 24.9 Å². The smallest absolute Gasteiger partial charge is 0.234 e. The molecule has 0 aliphatic carbocycles. The van der Waals surface area contributed by atoms with Crippen LogP contribution >= 0.6 is 0 Å². The summed E-state index contributed by atoms with van der Waals surface area (Å²) in [5.41, 5.74) is 3.27. The van der Waals surface area contributed by atoms with Crippen molar-refractivity contribution in [1.29, 1.82) is 0 Å². The van der Waals surface area contributed by atoms with E-state index in [0.717, 1.165) is 36.8 Å². The fourth-order valence-electron chi connectivity index (χ4n) is 3.62. The van der Waals surface area contributed by atoms with Gasteiger partial charge in [0.1, 0.15) is 12.7 Å². The van der Waals surface area contributed by atoms with E-state index in [1.54, 1.807) is 12.7 Å². The Morgan fingerprint density at radius 1 is 1.21 bits per heavy atom. The first-order valence-electron chi connectivity index (χ1n) is 8.58. The van der Waals surface area contributed by atoms with Gasteiger partial charge in [0, 0.05) is 30.2 Å². The zero-order chi connectivity index (χ0) is 16.5. The highest BCUT2D eigenvalue weighted by atomic mass is 15.3. The van der Waals surface area contributed by atoms with Crippen molar-refractivity contribution in [2.45, 2.75) is 52.2 Å². The third kappa shape index (κ3) is 3.03. The van der Waals surface area contributed by atoms with Crippen molar-refractivity contribution in [3.8, 4) is 0 Å². The van der Waals surface area contributed by atoms with Gasteiger partial charge in [-0.2, -0.15) is 5.10 Å². The van der Waals surface area contributed by atoms with Gasteiger partial charge in [-0.25, -0.2) is 15.0 Å². The largest absolute Gasteiger partial charge is 0.293 e. The van der Waals surface area contributed by atoms with Gasteiger partial charge in [-0.3, -0.25) is 14.0 Å². The number of likely N-dealkylation sites (tertiary alicyclic amines) is 1. The van der Waals surface area contributed by atoms with Gasteiger partial charge < -0.3 is 0 Å². The lowest BCUT2D eigenvalue weighted by Crippen LogP contribution is -2.41. The highest BCUT2D eigenvalue weighted by Crippen LogP contribution is 2.21. The molecule has 0 saturated carbocycles. The molecule has 1 atom stereocenters. The van der Waals surface area contributed by atoms with Crippen LogP contribution in [0.2, 0.25) is 0 Å². The summed E-state index contributed by atoms with van der Waals surface area (Å²) in [7, 11) is 0. The Hall–Kier alpha value is -2.28. The number of hydrogen-bond donors (Lipinski definition) is 0.